The molecule has 0 spiro atoms. The number of amides is 1. The second kappa shape index (κ2) is 6.49. The summed E-state index contributed by atoms with van der Waals surface area (Å²) in [7, 11) is 0. The largest absolute Gasteiger partial charge is 0.481 e. The Labute approximate surface area is 142 Å². The summed E-state index contributed by atoms with van der Waals surface area (Å²) in [6.07, 6.45) is 1.36. The van der Waals surface area contributed by atoms with Crippen LogP contribution in [0.4, 0.5) is 0 Å². The van der Waals surface area contributed by atoms with Gasteiger partial charge >= 0.3 is 5.97 Å². The summed E-state index contributed by atoms with van der Waals surface area (Å²) < 4.78 is 1.98. The highest BCUT2D eigenvalue weighted by Gasteiger charge is 2.39. The lowest BCUT2D eigenvalue weighted by Gasteiger charge is -2.37. The van der Waals surface area contributed by atoms with E-state index in [0.717, 1.165) is 21.0 Å². The monoisotopic (exact) mass is 350 g/mol. The maximum atomic E-state index is 12.4. The van der Waals surface area contributed by atoms with Crippen molar-refractivity contribution in [3.05, 3.63) is 24.3 Å². The van der Waals surface area contributed by atoms with Gasteiger partial charge in [-0.1, -0.05) is 23.9 Å². The Morgan fingerprint density at radius 3 is 2.96 bits per heavy atom. The first-order valence-corrected chi connectivity index (χ1v) is 9.28. The third kappa shape index (κ3) is 3.50. The molecule has 2 aromatic rings. The zero-order chi connectivity index (χ0) is 16.4. The molecule has 23 heavy (non-hydrogen) atoms. The van der Waals surface area contributed by atoms with Gasteiger partial charge in [0.05, 0.1) is 21.4 Å². The number of thiazole rings is 1. The number of carbonyl (C=O) groups is 2. The van der Waals surface area contributed by atoms with E-state index in [-0.39, 0.29) is 5.91 Å². The number of carboxylic acids is 1. The smallest absolute Gasteiger partial charge is 0.311 e. The minimum atomic E-state index is -0.825. The Morgan fingerprint density at radius 2 is 2.22 bits per heavy atom. The average Bonchev–Trinajstić information content (AvgIpc) is 2.95. The molecule has 1 aliphatic heterocycles. The van der Waals surface area contributed by atoms with Crippen molar-refractivity contribution in [1.82, 2.24) is 9.88 Å². The van der Waals surface area contributed by atoms with Crippen LogP contribution < -0.4 is 0 Å². The highest BCUT2D eigenvalue weighted by atomic mass is 32.2. The van der Waals surface area contributed by atoms with Gasteiger partial charge in [-0.3, -0.25) is 9.59 Å². The molecule has 1 saturated heterocycles. The zero-order valence-corrected chi connectivity index (χ0v) is 14.5. The number of piperidine rings is 1. The number of hydrogen-bond acceptors (Lipinski definition) is 5. The number of rotatable bonds is 4. The first-order valence-electron chi connectivity index (χ1n) is 7.47. The Morgan fingerprint density at radius 1 is 1.43 bits per heavy atom. The summed E-state index contributed by atoms with van der Waals surface area (Å²) in [6, 6.07) is 7.89. The van der Waals surface area contributed by atoms with Gasteiger partial charge in [0.15, 0.2) is 4.34 Å². The highest BCUT2D eigenvalue weighted by Crippen LogP contribution is 2.32. The summed E-state index contributed by atoms with van der Waals surface area (Å²) in [5, 5.41) is 9.33. The number of benzene rings is 1. The number of nitrogens with zero attached hydrogens (tertiary/aromatic N) is 2. The van der Waals surface area contributed by atoms with Gasteiger partial charge in [0, 0.05) is 13.1 Å². The third-order valence-corrected chi connectivity index (χ3v) is 6.32. The number of fused-ring (bicyclic) bond motifs is 1. The SMILES string of the molecule is CC1(C(=O)O)CCCN(C(=O)CSc2nc3ccccc3s2)C1. The topological polar surface area (TPSA) is 70.5 Å². The average molecular weight is 350 g/mol. The fraction of sp³-hybridized carbons (Fsp3) is 0.438. The zero-order valence-electron chi connectivity index (χ0n) is 12.8. The summed E-state index contributed by atoms with van der Waals surface area (Å²) in [4.78, 5) is 29.9. The van der Waals surface area contributed by atoms with Crippen LogP contribution in [-0.2, 0) is 9.59 Å². The Hall–Kier alpha value is -1.60. The molecule has 1 aromatic heterocycles. The van der Waals surface area contributed by atoms with Crippen LogP contribution in [0.15, 0.2) is 28.6 Å². The Balaban J connectivity index is 1.61. The standard InChI is InChI=1S/C16H18N2O3S2/c1-16(14(20)21)7-4-8-18(10-16)13(19)9-22-15-17-11-5-2-3-6-12(11)23-15/h2-3,5-6H,4,7-10H2,1H3,(H,20,21). The lowest BCUT2D eigenvalue weighted by Crippen LogP contribution is -2.48. The Bertz CT molecular complexity index is 713. The van der Waals surface area contributed by atoms with Gasteiger partial charge in [-0.25, -0.2) is 4.98 Å². The van der Waals surface area contributed by atoms with Crippen molar-refractivity contribution >= 4 is 45.2 Å². The number of para-hydroxylation sites is 1. The van der Waals surface area contributed by atoms with Crippen LogP contribution >= 0.6 is 23.1 Å². The van der Waals surface area contributed by atoms with E-state index < -0.39 is 11.4 Å². The molecule has 1 fully saturated rings. The van der Waals surface area contributed by atoms with E-state index in [1.165, 1.54) is 11.8 Å². The maximum Gasteiger partial charge on any atom is 0.311 e. The van der Waals surface area contributed by atoms with Gasteiger partial charge in [-0.15, -0.1) is 11.3 Å². The van der Waals surface area contributed by atoms with E-state index in [0.29, 0.717) is 25.3 Å². The molecule has 3 rings (SSSR count). The fourth-order valence-electron chi connectivity index (χ4n) is 2.75. The van der Waals surface area contributed by atoms with E-state index in [9.17, 15) is 14.7 Å². The minimum Gasteiger partial charge on any atom is -0.481 e. The van der Waals surface area contributed by atoms with Crippen molar-refractivity contribution in [2.75, 3.05) is 18.8 Å². The second-order valence-corrected chi connectivity index (χ2v) is 8.27. The first kappa shape index (κ1) is 16.3. The van der Waals surface area contributed by atoms with Gasteiger partial charge in [0.2, 0.25) is 5.91 Å². The molecule has 7 heteroatoms. The summed E-state index contributed by atoms with van der Waals surface area (Å²) in [5.41, 5.74) is 0.123. The summed E-state index contributed by atoms with van der Waals surface area (Å²) in [6.45, 7) is 2.65. The van der Waals surface area contributed by atoms with Crippen LogP contribution in [0.5, 0.6) is 0 Å². The molecule has 122 valence electrons. The van der Waals surface area contributed by atoms with Gasteiger partial charge < -0.3 is 10.0 Å². The van der Waals surface area contributed by atoms with Crippen molar-refractivity contribution in [3.63, 3.8) is 0 Å². The van der Waals surface area contributed by atoms with E-state index in [1.54, 1.807) is 23.2 Å². The van der Waals surface area contributed by atoms with Gasteiger partial charge in [-0.2, -0.15) is 0 Å². The van der Waals surface area contributed by atoms with Crippen LogP contribution in [0.25, 0.3) is 10.2 Å². The van der Waals surface area contributed by atoms with Crippen molar-refractivity contribution in [3.8, 4) is 0 Å². The van der Waals surface area contributed by atoms with Crippen molar-refractivity contribution in [2.24, 2.45) is 5.41 Å². The predicted octanol–water partition coefficient (Wildman–Crippen LogP) is 3.10. The number of aliphatic carboxylic acids is 1. The lowest BCUT2D eigenvalue weighted by atomic mass is 9.82. The third-order valence-electron chi connectivity index (χ3n) is 4.16. The molecule has 1 atom stereocenters. The molecule has 1 unspecified atom stereocenters. The number of carboxylic acid groups (broad SMARTS) is 1. The van der Waals surface area contributed by atoms with Gasteiger partial charge in [-0.05, 0) is 31.9 Å². The molecule has 0 saturated carbocycles. The second-order valence-electron chi connectivity index (χ2n) is 6.02. The molecule has 1 aromatic carbocycles. The molecule has 0 radical (unpaired) electrons. The molecule has 0 aliphatic carbocycles. The van der Waals surface area contributed by atoms with Crippen LogP contribution in [0.1, 0.15) is 19.8 Å². The normalized spacial score (nSPS) is 21.5. The van der Waals surface area contributed by atoms with Crippen LogP contribution in [0, 0.1) is 5.41 Å². The van der Waals surface area contributed by atoms with E-state index in [1.807, 2.05) is 24.3 Å². The molecule has 1 amide bonds. The first-order chi connectivity index (χ1) is 11.0. The highest BCUT2D eigenvalue weighted by molar-refractivity contribution is 8.01. The van der Waals surface area contributed by atoms with Crippen LogP contribution in [-0.4, -0.2) is 45.7 Å². The van der Waals surface area contributed by atoms with Crippen LogP contribution in [0.3, 0.4) is 0 Å². The fourth-order valence-corrected chi connectivity index (χ4v) is 4.73. The molecule has 2 heterocycles. The number of hydrogen-bond donors (Lipinski definition) is 1. The Kier molecular flexibility index (Phi) is 4.59. The predicted molar refractivity (Wildman–Crippen MR) is 91.9 cm³/mol. The van der Waals surface area contributed by atoms with E-state index >= 15 is 0 Å². The molecule has 5 nitrogen and oxygen atoms in total. The quantitative estimate of drug-likeness (QED) is 0.858. The van der Waals surface area contributed by atoms with Gasteiger partial charge in [0.25, 0.3) is 0 Å². The van der Waals surface area contributed by atoms with Crippen molar-refractivity contribution in [1.29, 1.82) is 0 Å². The molecule has 0 bridgehead atoms. The summed E-state index contributed by atoms with van der Waals surface area (Å²) >= 11 is 3.00. The van der Waals surface area contributed by atoms with E-state index in [2.05, 4.69) is 4.98 Å². The molecule has 1 aliphatic rings. The van der Waals surface area contributed by atoms with Crippen LogP contribution in [0.2, 0.25) is 0 Å². The maximum absolute atomic E-state index is 12.4. The number of carbonyl (C=O) groups excluding carboxylic acids is 1. The number of aromatic nitrogens is 1. The number of likely N-dealkylation sites (tertiary alicyclic amines) is 1. The minimum absolute atomic E-state index is 0.0126. The van der Waals surface area contributed by atoms with E-state index in [4.69, 9.17) is 0 Å². The van der Waals surface area contributed by atoms with Gasteiger partial charge in [0.1, 0.15) is 0 Å². The molecular formula is C16H18N2O3S2. The lowest BCUT2D eigenvalue weighted by molar-refractivity contribution is -0.153. The summed E-state index contributed by atoms with van der Waals surface area (Å²) in [5.74, 6) is -0.537. The van der Waals surface area contributed by atoms with Crippen molar-refractivity contribution < 1.29 is 14.7 Å². The van der Waals surface area contributed by atoms with Crippen molar-refractivity contribution in [2.45, 2.75) is 24.1 Å². The number of thioether (sulfide) groups is 1. The molecule has 1 N–H and O–H groups in total. The molecular weight excluding hydrogens is 332 g/mol.